The van der Waals surface area contributed by atoms with Gasteiger partial charge in [-0.05, 0) is 30.0 Å². The summed E-state index contributed by atoms with van der Waals surface area (Å²) in [6.07, 6.45) is 2.23. The number of carbonyl (C=O) groups is 1. The predicted octanol–water partition coefficient (Wildman–Crippen LogP) is 2.66. The second-order valence-electron chi connectivity index (χ2n) is 3.53. The number of ketones is 1. The lowest BCUT2D eigenvalue weighted by Gasteiger charge is -2.07. The Bertz CT molecular complexity index is 315. The fourth-order valence-corrected chi connectivity index (χ4v) is 1.83. The molecule has 0 spiro atoms. The van der Waals surface area contributed by atoms with Crippen LogP contribution in [0.15, 0.2) is 24.3 Å². The molecule has 0 radical (unpaired) electrons. The van der Waals surface area contributed by atoms with Crippen LogP contribution >= 0.6 is 0 Å². The van der Waals surface area contributed by atoms with Gasteiger partial charge in [0.25, 0.3) is 0 Å². The lowest BCUT2D eigenvalue weighted by Crippen LogP contribution is -1.93. The summed E-state index contributed by atoms with van der Waals surface area (Å²) < 4.78 is 12.6. The van der Waals surface area contributed by atoms with Crippen molar-refractivity contribution in [2.75, 3.05) is 0 Å². The van der Waals surface area contributed by atoms with Crippen molar-refractivity contribution in [2.24, 2.45) is 0 Å². The van der Waals surface area contributed by atoms with Crippen molar-refractivity contribution < 1.29 is 9.18 Å². The molecule has 0 heterocycles. The number of halogens is 1. The Balaban J connectivity index is 2.17. The Morgan fingerprint density at radius 2 is 1.92 bits per heavy atom. The SMILES string of the molecule is O=C1CCC(c2ccc(F)cc2)C1. The summed E-state index contributed by atoms with van der Waals surface area (Å²) in [4.78, 5) is 11.0. The molecule has 13 heavy (non-hydrogen) atoms. The second kappa shape index (κ2) is 3.29. The number of benzene rings is 1. The normalized spacial score (nSPS) is 22.2. The molecule has 0 saturated heterocycles. The number of Topliss-reactive ketones (excluding diaryl/α,β-unsaturated/α-hetero) is 1. The van der Waals surface area contributed by atoms with Gasteiger partial charge in [0.1, 0.15) is 11.6 Å². The molecule has 1 saturated carbocycles. The molecular formula is C11H11FO. The Hall–Kier alpha value is -1.18. The third kappa shape index (κ3) is 1.77. The molecule has 1 unspecified atom stereocenters. The molecular weight excluding hydrogens is 167 g/mol. The molecule has 0 N–H and O–H groups in total. The van der Waals surface area contributed by atoms with Crippen LogP contribution in [-0.4, -0.2) is 5.78 Å². The van der Waals surface area contributed by atoms with Gasteiger partial charge in [0.2, 0.25) is 0 Å². The van der Waals surface area contributed by atoms with Gasteiger partial charge in [0.05, 0.1) is 0 Å². The van der Waals surface area contributed by atoms with E-state index in [2.05, 4.69) is 0 Å². The molecule has 0 aromatic heterocycles. The molecule has 2 rings (SSSR count). The lowest BCUT2D eigenvalue weighted by atomic mass is 9.98. The minimum atomic E-state index is -0.215. The van der Waals surface area contributed by atoms with Crippen molar-refractivity contribution in [1.82, 2.24) is 0 Å². The first-order chi connectivity index (χ1) is 6.25. The Labute approximate surface area is 76.6 Å². The standard InChI is InChI=1S/C11H11FO/c12-10-4-1-8(2-5-10)9-3-6-11(13)7-9/h1-2,4-5,9H,3,6-7H2. The van der Waals surface area contributed by atoms with Gasteiger partial charge in [-0.15, -0.1) is 0 Å². The van der Waals surface area contributed by atoms with Crippen molar-refractivity contribution in [3.05, 3.63) is 35.6 Å². The zero-order chi connectivity index (χ0) is 9.26. The topological polar surface area (TPSA) is 17.1 Å². The van der Waals surface area contributed by atoms with E-state index in [-0.39, 0.29) is 5.82 Å². The summed E-state index contributed by atoms with van der Waals surface area (Å²) in [5.74, 6) is 0.440. The minimum Gasteiger partial charge on any atom is -0.300 e. The van der Waals surface area contributed by atoms with Gasteiger partial charge in [0.15, 0.2) is 0 Å². The molecule has 0 aliphatic heterocycles. The molecule has 1 fully saturated rings. The van der Waals surface area contributed by atoms with Crippen LogP contribution < -0.4 is 0 Å². The van der Waals surface area contributed by atoms with Crippen LogP contribution in [0.5, 0.6) is 0 Å². The first kappa shape index (κ1) is 8.42. The molecule has 1 aromatic carbocycles. The lowest BCUT2D eigenvalue weighted by molar-refractivity contribution is -0.117. The van der Waals surface area contributed by atoms with E-state index in [0.29, 0.717) is 24.5 Å². The number of carbonyl (C=O) groups excluding carboxylic acids is 1. The van der Waals surface area contributed by atoms with Crippen molar-refractivity contribution in [2.45, 2.75) is 25.2 Å². The largest absolute Gasteiger partial charge is 0.300 e. The maximum atomic E-state index is 12.6. The summed E-state index contributed by atoms with van der Waals surface area (Å²) in [5, 5.41) is 0. The highest BCUT2D eigenvalue weighted by molar-refractivity contribution is 5.81. The zero-order valence-corrected chi connectivity index (χ0v) is 7.29. The van der Waals surface area contributed by atoms with Crippen LogP contribution in [0.25, 0.3) is 0 Å². The van der Waals surface area contributed by atoms with E-state index in [0.717, 1.165) is 12.0 Å². The fourth-order valence-electron chi connectivity index (χ4n) is 1.83. The van der Waals surface area contributed by atoms with Gasteiger partial charge in [0, 0.05) is 12.8 Å². The summed E-state index contributed by atoms with van der Waals surface area (Å²) >= 11 is 0. The summed E-state index contributed by atoms with van der Waals surface area (Å²) in [6, 6.07) is 6.47. The summed E-state index contributed by atoms with van der Waals surface area (Å²) in [6.45, 7) is 0. The van der Waals surface area contributed by atoms with E-state index >= 15 is 0 Å². The van der Waals surface area contributed by atoms with Crippen LogP contribution in [0.1, 0.15) is 30.7 Å². The third-order valence-corrected chi connectivity index (χ3v) is 2.59. The molecule has 1 atom stereocenters. The fraction of sp³-hybridized carbons (Fsp3) is 0.364. The molecule has 0 amide bonds. The van der Waals surface area contributed by atoms with Crippen LogP contribution in [0.3, 0.4) is 0 Å². The van der Waals surface area contributed by atoms with Crippen LogP contribution in [0, 0.1) is 5.82 Å². The molecule has 0 bridgehead atoms. The second-order valence-corrected chi connectivity index (χ2v) is 3.53. The van der Waals surface area contributed by atoms with Crippen molar-refractivity contribution in [3.8, 4) is 0 Å². The van der Waals surface area contributed by atoms with Gasteiger partial charge in [-0.1, -0.05) is 12.1 Å². The van der Waals surface area contributed by atoms with Gasteiger partial charge < -0.3 is 0 Å². The monoisotopic (exact) mass is 178 g/mol. The average Bonchev–Trinajstić information content (AvgIpc) is 2.53. The maximum Gasteiger partial charge on any atom is 0.133 e. The first-order valence-corrected chi connectivity index (χ1v) is 4.53. The maximum absolute atomic E-state index is 12.6. The van der Waals surface area contributed by atoms with Gasteiger partial charge in [-0.25, -0.2) is 4.39 Å². The minimum absolute atomic E-state index is 0.215. The van der Waals surface area contributed by atoms with E-state index in [1.54, 1.807) is 12.1 Å². The molecule has 1 nitrogen and oxygen atoms in total. The average molecular weight is 178 g/mol. The van der Waals surface area contributed by atoms with Crippen LogP contribution in [0.2, 0.25) is 0 Å². The Morgan fingerprint density at radius 3 is 2.46 bits per heavy atom. The van der Waals surface area contributed by atoms with E-state index in [1.165, 1.54) is 12.1 Å². The van der Waals surface area contributed by atoms with Gasteiger partial charge in [-0.2, -0.15) is 0 Å². The highest BCUT2D eigenvalue weighted by Gasteiger charge is 2.23. The highest BCUT2D eigenvalue weighted by atomic mass is 19.1. The third-order valence-electron chi connectivity index (χ3n) is 2.59. The van der Waals surface area contributed by atoms with Gasteiger partial charge >= 0.3 is 0 Å². The molecule has 1 aliphatic carbocycles. The summed E-state index contributed by atoms with van der Waals surface area (Å²) in [7, 11) is 0. The predicted molar refractivity (Wildman–Crippen MR) is 48.0 cm³/mol. The molecule has 1 aliphatic rings. The molecule has 2 heteroatoms. The number of hydrogen-bond donors (Lipinski definition) is 0. The van der Waals surface area contributed by atoms with Crippen LogP contribution in [0.4, 0.5) is 4.39 Å². The first-order valence-electron chi connectivity index (χ1n) is 4.53. The Kier molecular flexibility index (Phi) is 2.13. The van der Waals surface area contributed by atoms with Crippen LogP contribution in [-0.2, 0) is 4.79 Å². The van der Waals surface area contributed by atoms with E-state index in [4.69, 9.17) is 0 Å². The van der Waals surface area contributed by atoms with E-state index < -0.39 is 0 Å². The number of rotatable bonds is 1. The van der Waals surface area contributed by atoms with Crippen molar-refractivity contribution >= 4 is 5.78 Å². The molecule has 68 valence electrons. The van der Waals surface area contributed by atoms with E-state index in [9.17, 15) is 9.18 Å². The highest BCUT2D eigenvalue weighted by Crippen LogP contribution is 2.31. The quantitative estimate of drug-likeness (QED) is 0.646. The van der Waals surface area contributed by atoms with Crippen molar-refractivity contribution in [1.29, 1.82) is 0 Å². The zero-order valence-electron chi connectivity index (χ0n) is 7.29. The van der Waals surface area contributed by atoms with E-state index in [1.807, 2.05) is 0 Å². The Morgan fingerprint density at radius 1 is 1.23 bits per heavy atom. The smallest absolute Gasteiger partial charge is 0.133 e. The summed E-state index contributed by atoms with van der Waals surface area (Å²) in [5.41, 5.74) is 1.09. The number of hydrogen-bond acceptors (Lipinski definition) is 1. The molecule has 1 aromatic rings. The van der Waals surface area contributed by atoms with Gasteiger partial charge in [-0.3, -0.25) is 4.79 Å². The van der Waals surface area contributed by atoms with Crippen molar-refractivity contribution in [3.63, 3.8) is 0 Å².